The van der Waals surface area contributed by atoms with Gasteiger partial charge in [-0.3, -0.25) is 4.79 Å². The minimum absolute atomic E-state index is 0.132. The fourth-order valence-electron chi connectivity index (χ4n) is 2.93. The van der Waals surface area contributed by atoms with Gasteiger partial charge < -0.3 is 9.64 Å². The fourth-order valence-corrected chi connectivity index (χ4v) is 3.83. The molecule has 0 aliphatic carbocycles. The van der Waals surface area contributed by atoms with Gasteiger partial charge in [0.1, 0.15) is 5.75 Å². The summed E-state index contributed by atoms with van der Waals surface area (Å²) in [4.78, 5) is 16.0. The number of carbonyl (C=O) groups excluding carboxylic acids is 1. The smallest absolute Gasteiger partial charge is 0.253 e. The van der Waals surface area contributed by atoms with E-state index in [0.717, 1.165) is 37.2 Å². The van der Waals surface area contributed by atoms with Crippen LogP contribution in [0.25, 0.3) is 0 Å². The van der Waals surface area contributed by atoms with Gasteiger partial charge in [0.15, 0.2) is 0 Å². The lowest BCUT2D eigenvalue weighted by molar-refractivity contribution is 0.0713. The maximum Gasteiger partial charge on any atom is 0.253 e. The molecule has 0 spiro atoms. The molecule has 0 bridgehead atoms. The lowest BCUT2D eigenvalue weighted by Crippen LogP contribution is -2.37. The van der Waals surface area contributed by atoms with E-state index in [9.17, 15) is 4.79 Å². The van der Waals surface area contributed by atoms with E-state index in [0.29, 0.717) is 12.5 Å². The Kier molecular flexibility index (Phi) is 4.78. The van der Waals surface area contributed by atoms with Gasteiger partial charge in [0, 0.05) is 23.5 Å². The molecule has 3 nitrogen and oxygen atoms in total. The van der Waals surface area contributed by atoms with Crippen molar-refractivity contribution < 1.29 is 9.53 Å². The number of piperidine rings is 1. The van der Waals surface area contributed by atoms with Crippen molar-refractivity contribution in [2.24, 2.45) is 0 Å². The fraction of sp³-hybridized carbons (Fsp3) is 0.389. The molecule has 0 N–H and O–H groups in total. The van der Waals surface area contributed by atoms with Crippen LogP contribution in [0.15, 0.2) is 41.8 Å². The number of likely N-dealkylation sites (tertiary alicyclic amines) is 1. The summed E-state index contributed by atoms with van der Waals surface area (Å²) >= 11 is 1.82. The summed E-state index contributed by atoms with van der Waals surface area (Å²) in [5.74, 6) is 1.56. The van der Waals surface area contributed by atoms with Gasteiger partial charge in [0.25, 0.3) is 5.91 Å². The van der Waals surface area contributed by atoms with E-state index in [1.165, 1.54) is 4.88 Å². The van der Waals surface area contributed by atoms with E-state index < -0.39 is 0 Å². The van der Waals surface area contributed by atoms with Crippen molar-refractivity contribution in [2.45, 2.75) is 25.7 Å². The zero-order valence-corrected chi connectivity index (χ0v) is 13.6. The molecule has 22 heavy (non-hydrogen) atoms. The number of nitrogens with zero attached hydrogens (tertiary/aromatic N) is 1. The number of carbonyl (C=O) groups is 1. The van der Waals surface area contributed by atoms with Crippen molar-refractivity contribution >= 4 is 17.2 Å². The minimum atomic E-state index is 0.132. The van der Waals surface area contributed by atoms with E-state index in [4.69, 9.17) is 4.74 Å². The number of rotatable bonds is 4. The molecule has 1 amide bonds. The van der Waals surface area contributed by atoms with Crippen molar-refractivity contribution in [3.8, 4) is 5.75 Å². The normalized spacial score (nSPS) is 15.8. The topological polar surface area (TPSA) is 29.5 Å². The molecule has 116 valence electrons. The molecule has 1 fully saturated rings. The zero-order chi connectivity index (χ0) is 15.4. The van der Waals surface area contributed by atoms with Gasteiger partial charge in [-0.05, 0) is 61.4 Å². The van der Waals surface area contributed by atoms with Crippen molar-refractivity contribution in [3.63, 3.8) is 0 Å². The van der Waals surface area contributed by atoms with Gasteiger partial charge in [-0.25, -0.2) is 0 Å². The Morgan fingerprint density at radius 2 is 1.95 bits per heavy atom. The third kappa shape index (κ3) is 3.33. The van der Waals surface area contributed by atoms with Crippen molar-refractivity contribution in [1.82, 2.24) is 4.90 Å². The Labute approximate surface area is 135 Å². The molecule has 3 rings (SSSR count). The molecule has 2 aromatic rings. The third-order valence-corrected chi connectivity index (χ3v) is 5.17. The molecule has 1 aliphatic heterocycles. The van der Waals surface area contributed by atoms with Crippen LogP contribution >= 0.6 is 11.3 Å². The lowest BCUT2D eigenvalue weighted by Gasteiger charge is -2.31. The molecule has 1 aliphatic rings. The summed E-state index contributed by atoms with van der Waals surface area (Å²) in [5, 5.41) is 2.13. The molecule has 0 saturated carbocycles. The summed E-state index contributed by atoms with van der Waals surface area (Å²) in [5.41, 5.74) is 0.748. The average molecular weight is 315 g/mol. The second-order valence-electron chi connectivity index (χ2n) is 5.54. The van der Waals surface area contributed by atoms with Gasteiger partial charge in [-0.1, -0.05) is 6.07 Å². The summed E-state index contributed by atoms with van der Waals surface area (Å²) < 4.78 is 5.42. The SMILES string of the molecule is CCOc1ccc(C(=O)N2CCC(c3cccs3)CC2)cc1. The number of amides is 1. The molecule has 4 heteroatoms. The number of benzene rings is 1. The van der Waals surface area contributed by atoms with Crippen molar-refractivity contribution in [1.29, 1.82) is 0 Å². The molecule has 2 heterocycles. The summed E-state index contributed by atoms with van der Waals surface area (Å²) in [6.07, 6.45) is 2.12. The number of thiophene rings is 1. The van der Waals surface area contributed by atoms with E-state index in [2.05, 4.69) is 17.5 Å². The van der Waals surface area contributed by atoms with Crippen LogP contribution < -0.4 is 4.74 Å². The average Bonchev–Trinajstić information content (AvgIpc) is 3.10. The standard InChI is InChI=1S/C18H21NO2S/c1-2-21-16-7-5-15(6-8-16)18(20)19-11-9-14(10-12-19)17-4-3-13-22-17/h3-8,13-14H,2,9-12H2,1H3. The highest BCUT2D eigenvalue weighted by Gasteiger charge is 2.24. The minimum Gasteiger partial charge on any atom is -0.494 e. The van der Waals surface area contributed by atoms with Gasteiger partial charge in [-0.2, -0.15) is 0 Å². The maximum absolute atomic E-state index is 12.5. The van der Waals surface area contributed by atoms with E-state index in [1.54, 1.807) is 0 Å². The Morgan fingerprint density at radius 3 is 2.55 bits per heavy atom. The van der Waals surface area contributed by atoms with E-state index in [1.807, 2.05) is 47.4 Å². The van der Waals surface area contributed by atoms with Gasteiger partial charge >= 0.3 is 0 Å². The number of hydrogen-bond donors (Lipinski definition) is 0. The first-order valence-corrected chi connectivity index (χ1v) is 8.71. The molecule has 1 aromatic carbocycles. The summed E-state index contributed by atoms with van der Waals surface area (Å²) in [6.45, 7) is 4.28. The van der Waals surface area contributed by atoms with Crippen LogP contribution in [-0.2, 0) is 0 Å². The summed E-state index contributed by atoms with van der Waals surface area (Å²) in [7, 11) is 0. The van der Waals surface area contributed by atoms with Crippen LogP contribution in [0.1, 0.15) is 40.9 Å². The van der Waals surface area contributed by atoms with Crippen molar-refractivity contribution in [2.75, 3.05) is 19.7 Å². The van der Waals surface area contributed by atoms with Crippen LogP contribution in [0.4, 0.5) is 0 Å². The quantitative estimate of drug-likeness (QED) is 0.847. The molecule has 1 aromatic heterocycles. The summed E-state index contributed by atoms with van der Waals surface area (Å²) in [6, 6.07) is 11.8. The van der Waals surface area contributed by atoms with Crippen LogP contribution in [0.5, 0.6) is 5.75 Å². The third-order valence-electron chi connectivity index (χ3n) is 4.14. The number of ether oxygens (including phenoxy) is 1. The molecular formula is C18H21NO2S. The van der Waals surface area contributed by atoms with Crippen LogP contribution in [0.2, 0.25) is 0 Å². The van der Waals surface area contributed by atoms with Gasteiger partial charge in [0.05, 0.1) is 6.61 Å². The first-order valence-electron chi connectivity index (χ1n) is 7.83. The van der Waals surface area contributed by atoms with E-state index in [-0.39, 0.29) is 5.91 Å². The largest absolute Gasteiger partial charge is 0.494 e. The van der Waals surface area contributed by atoms with Gasteiger partial charge in [-0.15, -0.1) is 11.3 Å². The van der Waals surface area contributed by atoms with Crippen molar-refractivity contribution in [3.05, 3.63) is 52.2 Å². The Hall–Kier alpha value is -1.81. The maximum atomic E-state index is 12.5. The highest BCUT2D eigenvalue weighted by Crippen LogP contribution is 2.31. The zero-order valence-electron chi connectivity index (χ0n) is 12.8. The second kappa shape index (κ2) is 6.97. The molecule has 0 radical (unpaired) electrons. The molecule has 0 unspecified atom stereocenters. The first kappa shape index (κ1) is 15.1. The lowest BCUT2D eigenvalue weighted by atomic mass is 9.95. The predicted octanol–water partition coefficient (Wildman–Crippen LogP) is 4.17. The number of hydrogen-bond acceptors (Lipinski definition) is 3. The van der Waals surface area contributed by atoms with Crippen LogP contribution in [-0.4, -0.2) is 30.5 Å². The van der Waals surface area contributed by atoms with Crippen LogP contribution in [0.3, 0.4) is 0 Å². The predicted molar refractivity (Wildman–Crippen MR) is 89.8 cm³/mol. The Bertz CT molecular complexity index is 599. The Balaban J connectivity index is 1.59. The first-order chi connectivity index (χ1) is 10.8. The monoisotopic (exact) mass is 315 g/mol. The molecule has 1 saturated heterocycles. The molecule has 0 atom stereocenters. The highest BCUT2D eigenvalue weighted by atomic mass is 32.1. The van der Waals surface area contributed by atoms with E-state index >= 15 is 0 Å². The van der Waals surface area contributed by atoms with Crippen LogP contribution in [0, 0.1) is 0 Å². The van der Waals surface area contributed by atoms with Gasteiger partial charge in [0.2, 0.25) is 0 Å². The Morgan fingerprint density at radius 1 is 1.23 bits per heavy atom. The molecular weight excluding hydrogens is 294 g/mol. The highest BCUT2D eigenvalue weighted by molar-refractivity contribution is 7.10. The second-order valence-corrected chi connectivity index (χ2v) is 6.52.